The van der Waals surface area contributed by atoms with Crippen molar-refractivity contribution in [1.82, 2.24) is 14.9 Å². The largest absolute Gasteiger partial charge is 0.298 e. The topological polar surface area (TPSA) is 63.2 Å². The highest BCUT2D eigenvalue weighted by molar-refractivity contribution is 7.90. The monoisotopic (exact) mass is 367 g/mol. The Balaban J connectivity index is 1.43. The Morgan fingerprint density at radius 3 is 2.73 bits per heavy atom. The normalized spacial score (nSPS) is 15.1. The van der Waals surface area contributed by atoms with E-state index >= 15 is 0 Å². The van der Waals surface area contributed by atoms with Gasteiger partial charge in [0.15, 0.2) is 9.84 Å². The number of pyridine rings is 2. The van der Waals surface area contributed by atoms with Gasteiger partial charge in [-0.25, -0.2) is 8.42 Å². The molecule has 4 rings (SSSR count). The van der Waals surface area contributed by atoms with Crippen LogP contribution in [0.5, 0.6) is 0 Å². The summed E-state index contributed by atoms with van der Waals surface area (Å²) < 4.78 is 23.1. The fourth-order valence-electron chi connectivity index (χ4n) is 3.42. The van der Waals surface area contributed by atoms with E-state index in [0.29, 0.717) is 4.90 Å². The van der Waals surface area contributed by atoms with Gasteiger partial charge in [0.25, 0.3) is 0 Å². The second-order valence-electron chi connectivity index (χ2n) is 6.85. The van der Waals surface area contributed by atoms with Gasteiger partial charge in [0.05, 0.1) is 10.4 Å². The molecule has 0 N–H and O–H groups in total. The lowest BCUT2D eigenvalue weighted by Gasteiger charge is -2.28. The van der Waals surface area contributed by atoms with E-state index in [1.807, 2.05) is 24.4 Å². The van der Waals surface area contributed by atoms with Crippen LogP contribution in [0, 0.1) is 0 Å². The first-order valence-electron chi connectivity index (χ1n) is 8.73. The van der Waals surface area contributed by atoms with Crippen molar-refractivity contribution in [2.75, 3.05) is 19.3 Å². The molecule has 0 atom stereocenters. The van der Waals surface area contributed by atoms with Gasteiger partial charge in [-0.3, -0.25) is 14.9 Å². The number of hydrogen-bond acceptors (Lipinski definition) is 5. The SMILES string of the molecule is CS(=O)(=O)c1ccc(CCN2CCc3nc4ccncc4cc3C2)cc1. The first kappa shape index (κ1) is 17.1. The van der Waals surface area contributed by atoms with Crippen LogP contribution in [0.15, 0.2) is 53.7 Å². The molecule has 6 heteroatoms. The van der Waals surface area contributed by atoms with Gasteiger partial charge in [-0.1, -0.05) is 12.1 Å². The zero-order chi connectivity index (χ0) is 18.1. The molecule has 0 spiro atoms. The smallest absolute Gasteiger partial charge is 0.175 e. The minimum atomic E-state index is -3.13. The van der Waals surface area contributed by atoms with E-state index in [1.54, 1.807) is 18.3 Å². The Morgan fingerprint density at radius 1 is 1.15 bits per heavy atom. The van der Waals surface area contributed by atoms with E-state index in [-0.39, 0.29) is 0 Å². The van der Waals surface area contributed by atoms with E-state index < -0.39 is 9.84 Å². The number of nitrogens with zero attached hydrogens (tertiary/aromatic N) is 3. The third-order valence-corrected chi connectivity index (χ3v) is 6.04. The Labute approximate surface area is 153 Å². The standard InChI is InChI=1S/C20H21N3O2S/c1-26(24,25)18-4-2-15(3-5-18)7-10-23-11-8-20-17(14-23)12-16-13-21-9-6-19(16)22-20/h2-6,9,12-13H,7-8,10-11,14H2,1H3. The molecule has 1 aliphatic rings. The fourth-order valence-corrected chi connectivity index (χ4v) is 4.05. The third-order valence-electron chi connectivity index (χ3n) is 4.91. The molecule has 0 bridgehead atoms. The summed E-state index contributed by atoms with van der Waals surface area (Å²) in [5.41, 5.74) is 4.64. The lowest BCUT2D eigenvalue weighted by atomic mass is 10.0. The molecule has 0 amide bonds. The zero-order valence-electron chi connectivity index (χ0n) is 14.7. The Morgan fingerprint density at radius 2 is 1.96 bits per heavy atom. The third kappa shape index (κ3) is 3.61. The number of sulfone groups is 1. The molecule has 1 aliphatic heterocycles. The minimum Gasteiger partial charge on any atom is -0.298 e. The van der Waals surface area contributed by atoms with E-state index in [0.717, 1.165) is 48.9 Å². The van der Waals surface area contributed by atoms with Crippen LogP contribution in [-0.4, -0.2) is 42.6 Å². The molecule has 134 valence electrons. The predicted octanol–water partition coefficient (Wildman–Crippen LogP) is 2.63. The summed E-state index contributed by atoms with van der Waals surface area (Å²) in [6.07, 6.45) is 6.75. The lowest BCUT2D eigenvalue weighted by Crippen LogP contribution is -2.32. The van der Waals surface area contributed by atoms with Crippen molar-refractivity contribution < 1.29 is 8.42 Å². The van der Waals surface area contributed by atoms with Crippen LogP contribution in [0.3, 0.4) is 0 Å². The molecular weight excluding hydrogens is 346 g/mol. The van der Waals surface area contributed by atoms with Crippen molar-refractivity contribution in [3.63, 3.8) is 0 Å². The molecule has 0 aliphatic carbocycles. The van der Waals surface area contributed by atoms with Crippen LogP contribution in [0.2, 0.25) is 0 Å². The van der Waals surface area contributed by atoms with Crippen LogP contribution in [0.1, 0.15) is 16.8 Å². The highest BCUT2D eigenvalue weighted by Crippen LogP contribution is 2.22. The van der Waals surface area contributed by atoms with Gasteiger partial charge >= 0.3 is 0 Å². The molecular formula is C20H21N3O2S. The van der Waals surface area contributed by atoms with E-state index in [2.05, 4.69) is 16.0 Å². The number of hydrogen-bond donors (Lipinski definition) is 0. The van der Waals surface area contributed by atoms with Gasteiger partial charge in [-0.2, -0.15) is 0 Å². The number of benzene rings is 1. The Kier molecular flexibility index (Phi) is 4.46. The predicted molar refractivity (Wildman–Crippen MR) is 102 cm³/mol. The molecule has 2 aromatic heterocycles. The molecule has 0 saturated heterocycles. The summed E-state index contributed by atoms with van der Waals surface area (Å²) in [5, 5.41) is 1.09. The second kappa shape index (κ2) is 6.78. The maximum absolute atomic E-state index is 11.5. The minimum absolute atomic E-state index is 0.375. The van der Waals surface area contributed by atoms with Gasteiger partial charge in [0, 0.05) is 55.8 Å². The van der Waals surface area contributed by atoms with Crippen molar-refractivity contribution in [1.29, 1.82) is 0 Å². The van der Waals surface area contributed by atoms with Crippen LogP contribution in [0.25, 0.3) is 10.9 Å². The summed E-state index contributed by atoms with van der Waals surface area (Å²) in [7, 11) is -3.13. The van der Waals surface area contributed by atoms with Gasteiger partial charge in [0.1, 0.15) is 0 Å². The molecule has 26 heavy (non-hydrogen) atoms. The summed E-state index contributed by atoms with van der Waals surface area (Å²) >= 11 is 0. The first-order valence-corrected chi connectivity index (χ1v) is 10.6. The van der Waals surface area contributed by atoms with Gasteiger partial charge in [0.2, 0.25) is 0 Å². The summed E-state index contributed by atoms with van der Waals surface area (Å²) in [5.74, 6) is 0. The summed E-state index contributed by atoms with van der Waals surface area (Å²) in [4.78, 5) is 11.8. The molecule has 5 nitrogen and oxygen atoms in total. The van der Waals surface area contributed by atoms with Crippen molar-refractivity contribution >= 4 is 20.7 Å². The highest BCUT2D eigenvalue weighted by Gasteiger charge is 2.18. The van der Waals surface area contributed by atoms with Crippen molar-refractivity contribution in [3.8, 4) is 0 Å². The summed E-state index contributed by atoms with van der Waals surface area (Å²) in [6, 6.07) is 11.4. The van der Waals surface area contributed by atoms with E-state index in [1.165, 1.54) is 17.5 Å². The van der Waals surface area contributed by atoms with Crippen molar-refractivity contribution in [2.24, 2.45) is 0 Å². The summed E-state index contributed by atoms with van der Waals surface area (Å²) in [6.45, 7) is 2.84. The van der Waals surface area contributed by atoms with E-state index in [4.69, 9.17) is 4.98 Å². The zero-order valence-corrected chi connectivity index (χ0v) is 15.5. The van der Waals surface area contributed by atoms with Gasteiger partial charge < -0.3 is 0 Å². The average molecular weight is 367 g/mol. The lowest BCUT2D eigenvalue weighted by molar-refractivity contribution is 0.255. The molecule has 0 radical (unpaired) electrons. The fraction of sp³-hybridized carbons (Fsp3) is 0.300. The van der Waals surface area contributed by atoms with Crippen molar-refractivity contribution in [2.45, 2.75) is 24.3 Å². The van der Waals surface area contributed by atoms with Crippen LogP contribution in [0.4, 0.5) is 0 Å². The Bertz CT molecular complexity index is 1050. The van der Waals surface area contributed by atoms with Crippen LogP contribution >= 0.6 is 0 Å². The van der Waals surface area contributed by atoms with Gasteiger partial charge in [-0.05, 0) is 41.8 Å². The average Bonchev–Trinajstić information content (AvgIpc) is 2.64. The van der Waals surface area contributed by atoms with Crippen LogP contribution in [-0.2, 0) is 29.2 Å². The molecule has 0 saturated carbocycles. The quantitative estimate of drug-likeness (QED) is 0.709. The number of fused-ring (bicyclic) bond motifs is 2. The molecule has 3 heterocycles. The Hall–Kier alpha value is -2.31. The maximum Gasteiger partial charge on any atom is 0.175 e. The maximum atomic E-state index is 11.5. The molecule has 0 fully saturated rings. The van der Waals surface area contributed by atoms with E-state index in [9.17, 15) is 8.42 Å². The first-order chi connectivity index (χ1) is 12.5. The second-order valence-corrected chi connectivity index (χ2v) is 8.87. The van der Waals surface area contributed by atoms with Gasteiger partial charge in [-0.15, -0.1) is 0 Å². The number of aromatic nitrogens is 2. The molecule has 1 aromatic carbocycles. The van der Waals surface area contributed by atoms with Crippen LogP contribution < -0.4 is 0 Å². The highest BCUT2D eigenvalue weighted by atomic mass is 32.2. The molecule has 0 unspecified atom stereocenters. The van der Waals surface area contributed by atoms with Crippen molar-refractivity contribution in [3.05, 3.63) is 65.6 Å². The number of rotatable bonds is 4. The molecule has 3 aromatic rings.